The summed E-state index contributed by atoms with van der Waals surface area (Å²) in [6, 6.07) is 0. The first-order chi connectivity index (χ1) is 11.0. The van der Waals surface area contributed by atoms with Gasteiger partial charge in [0, 0.05) is 26.0 Å². The molecule has 0 aliphatic heterocycles. The summed E-state index contributed by atoms with van der Waals surface area (Å²) in [6.45, 7) is 7.39. The van der Waals surface area contributed by atoms with E-state index < -0.39 is 24.0 Å². The van der Waals surface area contributed by atoms with Crippen LogP contribution in [0.5, 0.6) is 0 Å². The van der Waals surface area contributed by atoms with Gasteiger partial charge in [-0.25, -0.2) is 4.79 Å². The Labute approximate surface area is 136 Å². The molecule has 0 radical (unpaired) electrons. The Morgan fingerprint density at radius 2 is 1.83 bits per heavy atom. The second kappa shape index (κ2) is 13.8. The van der Waals surface area contributed by atoms with Crippen molar-refractivity contribution in [1.29, 1.82) is 0 Å². The van der Waals surface area contributed by atoms with Gasteiger partial charge in [0.2, 0.25) is 0 Å². The van der Waals surface area contributed by atoms with Crippen LogP contribution in [-0.2, 0) is 33.3 Å². The van der Waals surface area contributed by atoms with Crippen molar-refractivity contribution in [3.8, 4) is 0 Å². The number of carbonyl (C=O) groups is 3. The molecule has 0 spiro atoms. The highest BCUT2D eigenvalue weighted by Crippen LogP contribution is 2.02. The largest absolute Gasteiger partial charge is 0.463 e. The van der Waals surface area contributed by atoms with Crippen molar-refractivity contribution in [2.45, 2.75) is 45.6 Å². The van der Waals surface area contributed by atoms with Gasteiger partial charge in [-0.3, -0.25) is 9.59 Å². The predicted molar refractivity (Wildman–Crippen MR) is 82.6 cm³/mol. The van der Waals surface area contributed by atoms with E-state index in [4.69, 9.17) is 18.9 Å². The normalized spacial score (nSPS) is 11.4. The van der Waals surface area contributed by atoms with Crippen LogP contribution in [0.15, 0.2) is 12.7 Å². The molecule has 7 nitrogen and oxygen atoms in total. The smallest absolute Gasteiger partial charge is 0.330 e. The van der Waals surface area contributed by atoms with Crippen molar-refractivity contribution in [1.82, 2.24) is 0 Å². The minimum atomic E-state index is -0.640. The second-order valence-corrected chi connectivity index (χ2v) is 4.82. The summed E-state index contributed by atoms with van der Waals surface area (Å²) >= 11 is 0. The lowest BCUT2D eigenvalue weighted by atomic mass is 10.3. The molecule has 0 saturated carbocycles. The molecule has 0 aromatic carbocycles. The lowest BCUT2D eigenvalue weighted by molar-refractivity contribution is -0.162. The van der Waals surface area contributed by atoms with Crippen LogP contribution in [0.1, 0.15) is 39.5 Å². The van der Waals surface area contributed by atoms with Gasteiger partial charge in [-0.1, -0.05) is 19.9 Å². The van der Waals surface area contributed by atoms with Crippen molar-refractivity contribution in [3.63, 3.8) is 0 Å². The van der Waals surface area contributed by atoms with Gasteiger partial charge < -0.3 is 18.9 Å². The molecule has 0 amide bonds. The number of carbonyl (C=O) groups excluding carboxylic acids is 3. The van der Waals surface area contributed by atoms with E-state index in [1.54, 1.807) is 0 Å². The quantitative estimate of drug-likeness (QED) is 0.220. The van der Waals surface area contributed by atoms with Crippen LogP contribution in [0.2, 0.25) is 0 Å². The maximum absolute atomic E-state index is 11.7. The van der Waals surface area contributed by atoms with Gasteiger partial charge in [-0.15, -0.1) is 0 Å². The van der Waals surface area contributed by atoms with Gasteiger partial charge in [0.05, 0.1) is 13.2 Å². The maximum Gasteiger partial charge on any atom is 0.330 e. The van der Waals surface area contributed by atoms with E-state index in [2.05, 4.69) is 6.58 Å². The highest BCUT2D eigenvalue weighted by atomic mass is 16.6. The summed E-state index contributed by atoms with van der Waals surface area (Å²) in [7, 11) is 0. The second-order valence-electron chi connectivity index (χ2n) is 4.82. The third-order valence-electron chi connectivity index (χ3n) is 2.65. The SMILES string of the molecule is C=CC(=O)OCCCC(=O)OC(COCCCC)COC(C)=O. The molecule has 0 heterocycles. The molecule has 0 N–H and O–H groups in total. The van der Waals surface area contributed by atoms with Gasteiger partial charge in [-0.05, 0) is 12.8 Å². The summed E-state index contributed by atoms with van der Waals surface area (Å²) < 4.78 is 20.2. The minimum absolute atomic E-state index is 0.0430. The maximum atomic E-state index is 11.7. The fourth-order valence-electron chi connectivity index (χ4n) is 1.48. The summed E-state index contributed by atoms with van der Waals surface area (Å²) in [6.07, 6.45) is 2.76. The fraction of sp³-hybridized carbons (Fsp3) is 0.688. The molecular formula is C16H26O7. The van der Waals surface area contributed by atoms with Crippen LogP contribution in [0.3, 0.4) is 0 Å². The van der Waals surface area contributed by atoms with Crippen LogP contribution < -0.4 is 0 Å². The van der Waals surface area contributed by atoms with Crippen molar-refractivity contribution < 1.29 is 33.3 Å². The predicted octanol–water partition coefficient (Wildman–Crippen LogP) is 1.79. The molecule has 0 rings (SSSR count). The van der Waals surface area contributed by atoms with Gasteiger partial charge in [0.25, 0.3) is 0 Å². The topological polar surface area (TPSA) is 88.1 Å². The van der Waals surface area contributed by atoms with E-state index in [1.807, 2.05) is 6.92 Å². The molecule has 132 valence electrons. The summed E-state index contributed by atoms with van der Waals surface area (Å²) in [5, 5.41) is 0. The molecule has 0 saturated heterocycles. The van der Waals surface area contributed by atoms with Crippen LogP contribution >= 0.6 is 0 Å². The molecule has 1 unspecified atom stereocenters. The molecular weight excluding hydrogens is 304 g/mol. The first-order valence-electron chi connectivity index (χ1n) is 7.69. The van der Waals surface area contributed by atoms with Gasteiger partial charge in [0.15, 0.2) is 6.10 Å². The number of ether oxygens (including phenoxy) is 4. The number of hydrogen-bond donors (Lipinski definition) is 0. The highest BCUT2D eigenvalue weighted by Gasteiger charge is 2.16. The molecule has 0 aliphatic rings. The Morgan fingerprint density at radius 1 is 1.09 bits per heavy atom. The number of hydrogen-bond acceptors (Lipinski definition) is 7. The number of rotatable bonds is 13. The zero-order valence-corrected chi connectivity index (χ0v) is 13.9. The average molecular weight is 330 g/mol. The Kier molecular flexibility index (Phi) is 12.6. The van der Waals surface area contributed by atoms with E-state index in [1.165, 1.54) is 6.92 Å². The van der Waals surface area contributed by atoms with E-state index in [0.29, 0.717) is 13.0 Å². The lowest BCUT2D eigenvalue weighted by Crippen LogP contribution is -2.29. The van der Waals surface area contributed by atoms with Gasteiger partial charge in [-0.2, -0.15) is 0 Å². The van der Waals surface area contributed by atoms with E-state index in [0.717, 1.165) is 18.9 Å². The van der Waals surface area contributed by atoms with E-state index >= 15 is 0 Å². The molecule has 0 fully saturated rings. The number of esters is 3. The molecule has 0 aliphatic carbocycles. The van der Waals surface area contributed by atoms with Crippen LogP contribution in [0.4, 0.5) is 0 Å². The summed E-state index contributed by atoms with van der Waals surface area (Å²) in [5.74, 6) is -1.44. The highest BCUT2D eigenvalue weighted by molar-refractivity contribution is 5.81. The Morgan fingerprint density at radius 3 is 2.43 bits per heavy atom. The first kappa shape index (κ1) is 21.1. The molecule has 7 heteroatoms. The molecule has 0 bridgehead atoms. The lowest BCUT2D eigenvalue weighted by Gasteiger charge is -2.17. The Balaban J connectivity index is 4.06. The minimum Gasteiger partial charge on any atom is -0.463 e. The van der Waals surface area contributed by atoms with Crippen molar-refractivity contribution in [2.24, 2.45) is 0 Å². The molecule has 0 aromatic heterocycles. The van der Waals surface area contributed by atoms with Crippen LogP contribution in [-0.4, -0.2) is 50.4 Å². The Hall–Kier alpha value is -1.89. The van der Waals surface area contributed by atoms with Gasteiger partial charge in [0.1, 0.15) is 6.61 Å². The van der Waals surface area contributed by atoms with E-state index in [-0.39, 0.29) is 26.2 Å². The monoisotopic (exact) mass is 330 g/mol. The van der Waals surface area contributed by atoms with Crippen molar-refractivity contribution >= 4 is 17.9 Å². The standard InChI is InChI=1S/C16H26O7/c1-4-6-9-20-11-14(12-22-13(3)17)23-16(19)8-7-10-21-15(18)5-2/h5,14H,2,4,6-12H2,1,3H3. The fourth-order valence-corrected chi connectivity index (χ4v) is 1.48. The summed E-state index contributed by atoms with van der Waals surface area (Å²) in [5.41, 5.74) is 0. The summed E-state index contributed by atoms with van der Waals surface area (Å²) in [4.78, 5) is 33.4. The van der Waals surface area contributed by atoms with Crippen LogP contribution in [0, 0.1) is 0 Å². The average Bonchev–Trinajstić information content (AvgIpc) is 2.52. The zero-order valence-electron chi connectivity index (χ0n) is 13.9. The first-order valence-corrected chi connectivity index (χ1v) is 7.69. The molecule has 23 heavy (non-hydrogen) atoms. The molecule has 0 aromatic rings. The third kappa shape index (κ3) is 13.5. The van der Waals surface area contributed by atoms with Gasteiger partial charge >= 0.3 is 17.9 Å². The molecule has 1 atom stereocenters. The van der Waals surface area contributed by atoms with Crippen molar-refractivity contribution in [2.75, 3.05) is 26.4 Å². The van der Waals surface area contributed by atoms with Crippen LogP contribution in [0.25, 0.3) is 0 Å². The Bertz CT molecular complexity index is 379. The zero-order chi connectivity index (χ0) is 17.5. The van der Waals surface area contributed by atoms with E-state index in [9.17, 15) is 14.4 Å². The van der Waals surface area contributed by atoms with Crippen molar-refractivity contribution in [3.05, 3.63) is 12.7 Å². The third-order valence-corrected chi connectivity index (χ3v) is 2.65. The number of unbranched alkanes of at least 4 members (excludes halogenated alkanes) is 1.